The molecule has 0 amide bonds. The Labute approximate surface area is 319 Å². The van der Waals surface area contributed by atoms with E-state index in [0.29, 0.717) is 0 Å². The molecule has 0 radical (unpaired) electrons. The molecule has 0 heteroatoms. The first kappa shape index (κ1) is 30.4. The molecule has 254 valence electrons. The molecule has 55 heavy (non-hydrogen) atoms. The quantitative estimate of drug-likeness (QED) is 0.161. The van der Waals surface area contributed by atoms with E-state index in [0.717, 1.165) is 0 Å². The third-order valence-corrected chi connectivity index (χ3v) is 12.4. The second-order valence-corrected chi connectivity index (χ2v) is 15.2. The van der Waals surface area contributed by atoms with Crippen molar-refractivity contribution in [2.75, 3.05) is 0 Å². The van der Waals surface area contributed by atoms with Crippen molar-refractivity contribution < 1.29 is 0 Å². The van der Waals surface area contributed by atoms with E-state index in [1.165, 1.54) is 109 Å². The lowest BCUT2D eigenvalue weighted by Crippen LogP contribution is -2.28. The van der Waals surface area contributed by atoms with Crippen molar-refractivity contribution >= 4 is 53.9 Å². The molecular formula is C55H34. The topological polar surface area (TPSA) is 0 Å². The van der Waals surface area contributed by atoms with E-state index in [2.05, 4.69) is 206 Å². The zero-order valence-corrected chi connectivity index (χ0v) is 30.1. The smallest absolute Gasteiger partial charge is 0.0622 e. The van der Waals surface area contributed by atoms with Crippen LogP contribution in [0.15, 0.2) is 206 Å². The Morgan fingerprint density at radius 3 is 1.38 bits per heavy atom. The van der Waals surface area contributed by atoms with Gasteiger partial charge in [0.05, 0.1) is 5.41 Å². The van der Waals surface area contributed by atoms with Gasteiger partial charge in [0.25, 0.3) is 0 Å². The zero-order chi connectivity index (χ0) is 36.1. The molecule has 0 bridgehead atoms. The Kier molecular flexibility index (Phi) is 6.36. The van der Waals surface area contributed by atoms with E-state index < -0.39 is 5.41 Å². The molecule has 11 aromatic carbocycles. The van der Waals surface area contributed by atoms with Crippen molar-refractivity contribution in [2.45, 2.75) is 5.41 Å². The number of benzene rings is 11. The summed E-state index contributed by atoms with van der Waals surface area (Å²) in [6, 6.07) is 77.6. The fraction of sp³-hybridized carbons (Fsp3) is 0.0182. The number of hydrogen-bond acceptors (Lipinski definition) is 0. The molecule has 0 N–H and O–H groups in total. The second-order valence-electron chi connectivity index (χ2n) is 15.2. The minimum atomic E-state index is -0.547. The highest BCUT2D eigenvalue weighted by Crippen LogP contribution is 2.60. The maximum atomic E-state index is 2.53. The van der Waals surface area contributed by atoms with Gasteiger partial charge in [-0.05, 0) is 152 Å². The highest BCUT2D eigenvalue weighted by Gasteiger charge is 2.47. The molecule has 11 aromatic rings. The lowest BCUT2D eigenvalue weighted by molar-refractivity contribution is 0.770. The summed E-state index contributed by atoms with van der Waals surface area (Å²) in [5.41, 5.74) is 12.2. The molecule has 0 aliphatic heterocycles. The van der Waals surface area contributed by atoms with Gasteiger partial charge in [-0.2, -0.15) is 0 Å². The van der Waals surface area contributed by atoms with Gasteiger partial charge in [-0.25, -0.2) is 0 Å². The summed E-state index contributed by atoms with van der Waals surface area (Å²) in [4.78, 5) is 0. The Hall–Kier alpha value is -7.02. The molecule has 0 unspecified atom stereocenters. The zero-order valence-electron chi connectivity index (χ0n) is 30.1. The Morgan fingerprint density at radius 1 is 0.255 bits per heavy atom. The summed E-state index contributed by atoms with van der Waals surface area (Å²) in [5, 5.41) is 12.8. The summed E-state index contributed by atoms with van der Waals surface area (Å²) in [6.45, 7) is 0. The average Bonchev–Trinajstić information content (AvgIpc) is 3.54. The molecule has 0 fully saturated rings. The van der Waals surface area contributed by atoms with Crippen LogP contribution >= 0.6 is 0 Å². The Balaban J connectivity index is 1.25. The largest absolute Gasteiger partial charge is 0.0714 e. The summed E-state index contributed by atoms with van der Waals surface area (Å²) >= 11 is 0. The van der Waals surface area contributed by atoms with Crippen LogP contribution in [0.5, 0.6) is 0 Å². The van der Waals surface area contributed by atoms with Crippen LogP contribution in [-0.4, -0.2) is 0 Å². The van der Waals surface area contributed by atoms with Crippen LogP contribution in [0.25, 0.3) is 87.2 Å². The van der Waals surface area contributed by atoms with Gasteiger partial charge in [0.2, 0.25) is 0 Å². The molecule has 0 spiro atoms. The van der Waals surface area contributed by atoms with Crippen molar-refractivity contribution in [3.8, 4) is 33.4 Å². The van der Waals surface area contributed by atoms with Crippen molar-refractivity contribution in [1.29, 1.82) is 0 Å². The van der Waals surface area contributed by atoms with Crippen molar-refractivity contribution in [1.82, 2.24) is 0 Å². The van der Waals surface area contributed by atoms with E-state index in [1.54, 1.807) is 0 Å². The molecule has 1 aliphatic carbocycles. The van der Waals surface area contributed by atoms with Crippen LogP contribution in [0.1, 0.15) is 22.3 Å². The van der Waals surface area contributed by atoms with Gasteiger partial charge in [0.15, 0.2) is 0 Å². The average molecular weight is 695 g/mol. The van der Waals surface area contributed by atoms with Crippen molar-refractivity contribution in [3.63, 3.8) is 0 Å². The first-order valence-electron chi connectivity index (χ1n) is 19.2. The van der Waals surface area contributed by atoms with Gasteiger partial charge in [-0.15, -0.1) is 0 Å². The minimum absolute atomic E-state index is 0.547. The highest BCUT2D eigenvalue weighted by atomic mass is 14.5. The van der Waals surface area contributed by atoms with Gasteiger partial charge in [0, 0.05) is 0 Å². The molecule has 0 aromatic heterocycles. The molecule has 1 aliphatic rings. The maximum Gasteiger partial charge on any atom is 0.0714 e. The molecule has 0 atom stereocenters. The summed E-state index contributed by atoms with van der Waals surface area (Å²) in [5.74, 6) is 0. The summed E-state index contributed by atoms with van der Waals surface area (Å²) in [7, 11) is 0. The third-order valence-electron chi connectivity index (χ3n) is 12.4. The molecule has 0 saturated carbocycles. The van der Waals surface area contributed by atoms with Crippen LogP contribution in [0.2, 0.25) is 0 Å². The minimum Gasteiger partial charge on any atom is -0.0622 e. The van der Waals surface area contributed by atoms with E-state index in [1.807, 2.05) is 0 Å². The summed E-state index contributed by atoms with van der Waals surface area (Å²) < 4.78 is 0. The lowest BCUT2D eigenvalue weighted by Gasteiger charge is -2.34. The van der Waals surface area contributed by atoms with Crippen molar-refractivity contribution in [2.24, 2.45) is 0 Å². The van der Waals surface area contributed by atoms with Gasteiger partial charge < -0.3 is 0 Å². The molecule has 0 heterocycles. The van der Waals surface area contributed by atoms with E-state index in [4.69, 9.17) is 0 Å². The van der Waals surface area contributed by atoms with Crippen LogP contribution in [0.4, 0.5) is 0 Å². The highest BCUT2D eigenvalue weighted by molar-refractivity contribution is 6.23. The first-order valence-corrected chi connectivity index (χ1v) is 19.2. The normalized spacial score (nSPS) is 13.2. The fourth-order valence-corrected chi connectivity index (χ4v) is 9.97. The summed E-state index contributed by atoms with van der Waals surface area (Å²) in [6.07, 6.45) is 0. The lowest BCUT2D eigenvalue weighted by atomic mass is 9.67. The monoisotopic (exact) mass is 694 g/mol. The third kappa shape index (κ3) is 4.34. The van der Waals surface area contributed by atoms with Gasteiger partial charge in [-0.1, -0.05) is 164 Å². The molecule has 12 rings (SSSR count). The van der Waals surface area contributed by atoms with E-state index in [9.17, 15) is 0 Å². The van der Waals surface area contributed by atoms with Gasteiger partial charge in [-0.3, -0.25) is 0 Å². The predicted octanol–water partition coefficient (Wildman–Crippen LogP) is 14.6. The molecule has 0 saturated heterocycles. The van der Waals surface area contributed by atoms with Crippen LogP contribution < -0.4 is 0 Å². The predicted molar refractivity (Wildman–Crippen MR) is 233 cm³/mol. The Bertz CT molecular complexity index is 3190. The van der Waals surface area contributed by atoms with Crippen molar-refractivity contribution in [3.05, 3.63) is 229 Å². The maximum absolute atomic E-state index is 2.53. The molecular weight excluding hydrogens is 661 g/mol. The van der Waals surface area contributed by atoms with Crippen LogP contribution in [-0.2, 0) is 5.41 Å². The van der Waals surface area contributed by atoms with Gasteiger partial charge in [0.1, 0.15) is 0 Å². The standard InChI is InChI=1S/C55H34/c1-3-18-46(19-4-1)55(47-20-5-2-6-21-47)50-33-40-15-10-9-14-39(40)31-49(50)54-48(41-25-22-35-12-7-8-13-38(35)28-41)32-45(34-51(54)55)44-29-42-26-23-36-16-11-17-37-24-27-43(30-44)53(42)52(36)37/h1-34H. The SMILES string of the molecule is c1ccc(C2(c3ccccc3)c3cc4ccccc4cc3-c3c(-c4ccc5ccccc5c4)cc(-c4cc5ccc6cccc7ccc(c4)c5c67)cc32)cc1. The number of hydrogen-bond donors (Lipinski definition) is 0. The van der Waals surface area contributed by atoms with Crippen LogP contribution in [0.3, 0.4) is 0 Å². The Morgan fingerprint density at radius 2 is 0.727 bits per heavy atom. The molecule has 0 nitrogen and oxygen atoms in total. The van der Waals surface area contributed by atoms with Crippen LogP contribution in [0, 0.1) is 0 Å². The number of fused-ring (bicyclic) bond motifs is 5. The fourth-order valence-electron chi connectivity index (χ4n) is 9.97. The van der Waals surface area contributed by atoms with E-state index in [-0.39, 0.29) is 0 Å². The first-order chi connectivity index (χ1) is 27.2. The van der Waals surface area contributed by atoms with Gasteiger partial charge >= 0.3 is 0 Å². The second kappa shape index (κ2) is 11.5. The number of rotatable bonds is 4. The van der Waals surface area contributed by atoms with E-state index >= 15 is 0 Å².